The number of carbonyl (C=O) groups excluding carboxylic acids is 3. The van der Waals surface area contributed by atoms with Crippen molar-refractivity contribution in [2.75, 3.05) is 18.1 Å². The number of Topliss-reactive ketones (excluding diaryl/α,β-unsaturated/α-hetero) is 1. The fourth-order valence-electron chi connectivity index (χ4n) is 5.99. The number of nitrogens with one attached hydrogen (secondary N) is 1. The number of sulfonamides is 1. The number of amides is 2. The summed E-state index contributed by atoms with van der Waals surface area (Å²) in [6, 6.07) is 17.1. The van der Waals surface area contributed by atoms with Crippen molar-refractivity contribution in [3.63, 3.8) is 0 Å². The molecule has 0 bridgehead atoms. The summed E-state index contributed by atoms with van der Waals surface area (Å²) in [6.45, 7) is 5.91. The topological polar surface area (TPSA) is 153 Å². The molecule has 2 amide bonds. The number of hydrogen-bond donors (Lipinski definition) is 1. The highest BCUT2D eigenvalue weighted by Gasteiger charge is 2.27. The number of aromatic nitrogens is 4. The number of ether oxygens (including phenoxy) is 1. The molecule has 0 fully saturated rings. The number of benzene rings is 2. The number of imidazole rings is 1. The first kappa shape index (κ1) is 39.4. The van der Waals surface area contributed by atoms with Gasteiger partial charge in [-0.3, -0.25) is 19.6 Å². The van der Waals surface area contributed by atoms with E-state index in [-0.39, 0.29) is 59.4 Å². The third-order valence-corrected chi connectivity index (χ3v) is 10.1. The molecule has 0 saturated carbocycles. The number of unbranched alkanes of at least 4 members (excludes halogenated alkanes) is 1. The molecule has 3 heterocycles. The molecule has 12 nitrogen and oxygen atoms in total. The van der Waals surface area contributed by atoms with Gasteiger partial charge in [-0.1, -0.05) is 57.5 Å². The van der Waals surface area contributed by atoms with E-state index in [1.54, 1.807) is 65.6 Å². The van der Waals surface area contributed by atoms with Gasteiger partial charge in [-0.05, 0) is 61.2 Å². The number of nitrogens with zero attached hydrogens (tertiary/aromatic N) is 5. The molecule has 0 aliphatic heterocycles. The largest absolute Gasteiger partial charge is 0.449 e. The van der Waals surface area contributed by atoms with Gasteiger partial charge in [0.15, 0.2) is 5.78 Å². The molecular formula is C40H43FN6O6S. The first-order chi connectivity index (χ1) is 26.1. The summed E-state index contributed by atoms with van der Waals surface area (Å²) in [7, 11) is -4.35. The number of aryl methyl sites for hydroxylation is 2. The summed E-state index contributed by atoms with van der Waals surface area (Å²) < 4.78 is 51.1. The van der Waals surface area contributed by atoms with Crippen LogP contribution in [-0.2, 0) is 34.1 Å². The minimum atomic E-state index is -4.35. The van der Waals surface area contributed by atoms with Gasteiger partial charge in [-0.15, -0.1) is 0 Å². The van der Waals surface area contributed by atoms with E-state index in [9.17, 15) is 22.8 Å². The standard InChI is InChI=1S/C40H43FN6O6S/c1-4-7-23-53-40(50)45-54(51,52)36-16-9-8-15-32(36)28-17-18-30(33(41)24-28)27-47-37(12-5-2)44-34(6-3)38(47)35(48)19-22-46(31-14-11-21-43-26-31)39(49)29-13-10-20-42-25-29/h8-11,13-18,20-21,24-26H,4-7,12,19,22-23,27H2,1-3H3,(H,45,50). The third kappa shape index (κ3) is 9.42. The minimum absolute atomic E-state index is 0.0123. The maximum Gasteiger partial charge on any atom is 0.421 e. The Balaban J connectivity index is 1.43. The summed E-state index contributed by atoms with van der Waals surface area (Å²) in [5.41, 5.74) is 2.52. The zero-order valence-electron chi connectivity index (χ0n) is 30.5. The zero-order valence-corrected chi connectivity index (χ0v) is 31.3. The fraction of sp³-hybridized carbons (Fsp3) is 0.300. The molecule has 0 spiro atoms. The van der Waals surface area contributed by atoms with Crippen LogP contribution in [0.5, 0.6) is 0 Å². The Bertz CT molecular complexity index is 2200. The van der Waals surface area contributed by atoms with E-state index in [2.05, 4.69) is 9.97 Å². The van der Waals surface area contributed by atoms with Gasteiger partial charge in [0.1, 0.15) is 17.3 Å². The van der Waals surface area contributed by atoms with Crippen LogP contribution in [0.4, 0.5) is 14.9 Å². The number of ketones is 1. The maximum atomic E-state index is 16.1. The monoisotopic (exact) mass is 754 g/mol. The average Bonchev–Trinajstić information content (AvgIpc) is 3.53. The number of halogens is 1. The van der Waals surface area contributed by atoms with Crippen LogP contribution in [0.1, 0.15) is 84.4 Å². The smallest absolute Gasteiger partial charge is 0.421 e. The van der Waals surface area contributed by atoms with Gasteiger partial charge in [0.25, 0.3) is 15.9 Å². The summed E-state index contributed by atoms with van der Waals surface area (Å²) in [4.78, 5) is 54.2. The average molecular weight is 755 g/mol. The molecule has 3 aromatic heterocycles. The van der Waals surface area contributed by atoms with E-state index >= 15 is 4.39 Å². The fourth-order valence-corrected chi connectivity index (χ4v) is 7.11. The lowest BCUT2D eigenvalue weighted by atomic mass is 10.0. The van der Waals surface area contributed by atoms with Crippen LogP contribution >= 0.6 is 0 Å². The van der Waals surface area contributed by atoms with Crippen LogP contribution in [0.15, 0.2) is 96.4 Å². The van der Waals surface area contributed by atoms with Gasteiger partial charge in [0, 0.05) is 49.1 Å². The Hall–Kier alpha value is -5.76. The second kappa shape index (κ2) is 18.3. The van der Waals surface area contributed by atoms with Crippen LogP contribution in [0.2, 0.25) is 0 Å². The molecule has 1 N–H and O–H groups in total. The van der Waals surface area contributed by atoms with Crippen LogP contribution < -0.4 is 9.62 Å². The summed E-state index contributed by atoms with van der Waals surface area (Å²) >= 11 is 0. The lowest BCUT2D eigenvalue weighted by Gasteiger charge is -2.22. The Labute approximate surface area is 314 Å². The van der Waals surface area contributed by atoms with Gasteiger partial charge >= 0.3 is 6.09 Å². The molecule has 14 heteroatoms. The van der Waals surface area contributed by atoms with Crippen LogP contribution in [-0.4, -0.2) is 58.9 Å². The van der Waals surface area contributed by atoms with Crippen molar-refractivity contribution >= 4 is 33.5 Å². The Kier molecular flexibility index (Phi) is 13.4. The van der Waals surface area contributed by atoms with Gasteiger partial charge in [0.2, 0.25) is 0 Å². The van der Waals surface area contributed by atoms with Crippen LogP contribution in [0.25, 0.3) is 11.1 Å². The quantitative estimate of drug-likeness (QED) is 0.0769. The van der Waals surface area contributed by atoms with E-state index in [4.69, 9.17) is 9.72 Å². The van der Waals surface area contributed by atoms with Crippen molar-refractivity contribution in [2.24, 2.45) is 0 Å². The second-order valence-electron chi connectivity index (χ2n) is 12.5. The van der Waals surface area contributed by atoms with E-state index in [0.29, 0.717) is 47.7 Å². The number of carbonyl (C=O) groups is 3. The van der Waals surface area contributed by atoms with Crippen LogP contribution in [0.3, 0.4) is 0 Å². The van der Waals surface area contributed by atoms with Gasteiger partial charge < -0.3 is 14.2 Å². The van der Waals surface area contributed by atoms with Gasteiger partial charge in [-0.2, -0.15) is 0 Å². The van der Waals surface area contributed by atoms with E-state index in [1.165, 1.54) is 35.4 Å². The first-order valence-electron chi connectivity index (χ1n) is 17.9. The van der Waals surface area contributed by atoms with Gasteiger partial charge in [0.05, 0.1) is 41.2 Å². The lowest BCUT2D eigenvalue weighted by Crippen LogP contribution is -2.33. The highest BCUT2D eigenvalue weighted by atomic mass is 32.2. The molecule has 0 radical (unpaired) electrons. The predicted molar refractivity (Wildman–Crippen MR) is 202 cm³/mol. The van der Waals surface area contributed by atoms with Crippen molar-refractivity contribution in [2.45, 2.75) is 70.7 Å². The van der Waals surface area contributed by atoms with E-state index < -0.39 is 21.9 Å². The molecule has 5 rings (SSSR count). The summed E-state index contributed by atoms with van der Waals surface area (Å²) in [5, 5.41) is 0. The predicted octanol–water partition coefficient (Wildman–Crippen LogP) is 7.18. The molecule has 0 aliphatic carbocycles. The maximum absolute atomic E-state index is 16.1. The zero-order chi connectivity index (χ0) is 38.7. The molecule has 0 aliphatic rings. The van der Waals surface area contributed by atoms with Crippen LogP contribution in [0, 0.1) is 5.82 Å². The molecule has 282 valence electrons. The SMILES string of the molecule is CCCCOC(=O)NS(=O)(=O)c1ccccc1-c1ccc(Cn2c(CCC)nc(CC)c2C(=O)CCN(C(=O)c2cccnc2)c2cccnc2)c(F)c1. The van der Waals surface area contributed by atoms with Crippen molar-refractivity contribution < 1.29 is 31.9 Å². The molecule has 2 aromatic carbocycles. The Morgan fingerprint density at radius 2 is 1.69 bits per heavy atom. The number of rotatable bonds is 17. The summed E-state index contributed by atoms with van der Waals surface area (Å²) in [6.07, 6.45) is 8.14. The summed E-state index contributed by atoms with van der Waals surface area (Å²) in [5.74, 6) is -0.584. The Morgan fingerprint density at radius 1 is 0.926 bits per heavy atom. The lowest BCUT2D eigenvalue weighted by molar-refractivity contribution is 0.0961. The Morgan fingerprint density at radius 3 is 2.35 bits per heavy atom. The van der Waals surface area contributed by atoms with E-state index in [1.807, 2.05) is 25.5 Å². The molecule has 0 atom stereocenters. The molecule has 5 aromatic rings. The molecule has 0 unspecified atom stereocenters. The van der Waals surface area contributed by atoms with Crippen molar-refractivity contribution in [3.05, 3.63) is 126 Å². The highest BCUT2D eigenvalue weighted by molar-refractivity contribution is 7.90. The van der Waals surface area contributed by atoms with Gasteiger partial charge in [-0.25, -0.2) is 27.3 Å². The highest BCUT2D eigenvalue weighted by Crippen LogP contribution is 2.30. The molecule has 0 saturated heterocycles. The number of hydrogen-bond acceptors (Lipinski definition) is 9. The minimum Gasteiger partial charge on any atom is -0.449 e. The normalized spacial score (nSPS) is 11.3. The second-order valence-corrected chi connectivity index (χ2v) is 14.1. The molecule has 54 heavy (non-hydrogen) atoms. The van der Waals surface area contributed by atoms with Crippen molar-refractivity contribution in [1.29, 1.82) is 0 Å². The van der Waals surface area contributed by atoms with Crippen molar-refractivity contribution in [3.8, 4) is 11.1 Å². The molecular weight excluding hydrogens is 712 g/mol. The number of pyridine rings is 2. The first-order valence-corrected chi connectivity index (χ1v) is 19.4. The third-order valence-electron chi connectivity index (χ3n) is 8.68. The van der Waals surface area contributed by atoms with E-state index in [0.717, 1.165) is 12.8 Å². The van der Waals surface area contributed by atoms with Crippen molar-refractivity contribution in [1.82, 2.24) is 24.2 Å². The number of anilines is 1.